The minimum atomic E-state index is 0.154. The van der Waals surface area contributed by atoms with Crippen molar-refractivity contribution in [3.63, 3.8) is 0 Å². The Kier molecular flexibility index (Phi) is 4.28. The molecular formula is C19H18N4. The minimum absolute atomic E-state index is 0.154. The first-order valence-corrected chi connectivity index (χ1v) is 7.71. The molecule has 4 nitrogen and oxygen atoms in total. The van der Waals surface area contributed by atoms with Gasteiger partial charge in [-0.1, -0.05) is 18.2 Å². The first-order chi connectivity index (χ1) is 11.2. The van der Waals surface area contributed by atoms with Crippen LogP contribution >= 0.6 is 0 Å². The second-order valence-electron chi connectivity index (χ2n) is 5.68. The van der Waals surface area contributed by atoms with Gasteiger partial charge >= 0.3 is 0 Å². The van der Waals surface area contributed by atoms with E-state index >= 15 is 0 Å². The van der Waals surface area contributed by atoms with Gasteiger partial charge in [0, 0.05) is 31.9 Å². The molecular weight excluding hydrogens is 284 g/mol. The number of rotatable bonds is 2. The predicted molar refractivity (Wildman–Crippen MR) is 93.8 cm³/mol. The van der Waals surface area contributed by atoms with Gasteiger partial charge in [-0.25, -0.2) is 10.1 Å². The number of nitrogens with zero attached hydrogens (tertiary/aromatic N) is 3. The van der Waals surface area contributed by atoms with E-state index in [4.69, 9.17) is 11.8 Å². The molecule has 1 fully saturated rings. The second kappa shape index (κ2) is 6.52. The fraction of sp³-hybridized carbons (Fsp3) is 0.263. The Balaban J connectivity index is 1.98. The Morgan fingerprint density at radius 3 is 2.57 bits per heavy atom. The zero-order valence-corrected chi connectivity index (χ0v) is 13.1. The summed E-state index contributed by atoms with van der Waals surface area (Å²) in [6, 6.07) is 14.5. The topological polar surface area (TPSA) is 43.4 Å². The summed E-state index contributed by atoms with van der Waals surface area (Å²) in [6.45, 7) is 13.0. The van der Waals surface area contributed by atoms with Crippen molar-refractivity contribution in [3.8, 4) is 6.07 Å². The molecule has 0 spiro atoms. The minimum Gasteiger partial charge on any atom is -0.369 e. The van der Waals surface area contributed by atoms with Gasteiger partial charge < -0.3 is 10.2 Å². The number of nitrogens with one attached hydrogen (secondary N) is 1. The molecule has 4 heteroatoms. The number of nitriles is 1. The molecule has 114 valence electrons. The number of fused-ring (bicyclic) bond motifs is 1. The van der Waals surface area contributed by atoms with Crippen LogP contribution in [0.1, 0.15) is 12.5 Å². The van der Waals surface area contributed by atoms with Crippen LogP contribution in [0.15, 0.2) is 42.1 Å². The highest BCUT2D eigenvalue weighted by Crippen LogP contribution is 2.27. The maximum atomic E-state index is 9.02. The Hall–Kier alpha value is -2.82. The van der Waals surface area contributed by atoms with E-state index in [1.807, 2.05) is 19.1 Å². The molecule has 2 aromatic rings. The molecule has 0 saturated carbocycles. The third-order valence-electron chi connectivity index (χ3n) is 4.31. The predicted octanol–water partition coefficient (Wildman–Crippen LogP) is 3.42. The van der Waals surface area contributed by atoms with Crippen molar-refractivity contribution < 1.29 is 0 Å². The van der Waals surface area contributed by atoms with Crippen molar-refractivity contribution in [2.45, 2.75) is 6.92 Å². The van der Waals surface area contributed by atoms with Crippen LogP contribution in [0.2, 0.25) is 0 Å². The average molecular weight is 302 g/mol. The molecule has 1 saturated heterocycles. The highest BCUT2D eigenvalue weighted by atomic mass is 15.2. The van der Waals surface area contributed by atoms with Gasteiger partial charge in [-0.15, -0.1) is 0 Å². The van der Waals surface area contributed by atoms with E-state index in [1.165, 1.54) is 11.1 Å². The van der Waals surface area contributed by atoms with E-state index in [2.05, 4.69) is 45.4 Å². The Morgan fingerprint density at radius 1 is 1.17 bits per heavy atom. The average Bonchev–Trinajstić information content (AvgIpc) is 2.62. The summed E-state index contributed by atoms with van der Waals surface area (Å²) in [7, 11) is 0. The smallest absolute Gasteiger partial charge is 0.265 e. The van der Waals surface area contributed by atoms with Crippen molar-refractivity contribution in [1.29, 1.82) is 5.26 Å². The zero-order chi connectivity index (χ0) is 16.2. The van der Waals surface area contributed by atoms with Crippen LogP contribution in [0.5, 0.6) is 0 Å². The van der Waals surface area contributed by atoms with Crippen LogP contribution in [0.3, 0.4) is 0 Å². The molecule has 1 heterocycles. The SMILES string of the molecule is [C-]#[N+]C(C#N)=C(C)c1ccc2cc(N3CCNCC3)ccc2c1. The van der Waals surface area contributed by atoms with Gasteiger partial charge in [0.25, 0.3) is 5.70 Å². The first-order valence-electron chi connectivity index (χ1n) is 7.71. The van der Waals surface area contributed by atoms with Crippen LogP contribution in [0.25, 0.3) is 21.2 Å². The number of piperazine rings is 1. The molecule has 0 bridgehead atoms. The van der Waals surface area contributed by atoms with Gasteiger partial charge in [0.15, 0.2) is 0 Å². The van der Waals surface area contributed by atoms with Gasteiger partial charge in [0.05, 0.1) is 12.6 Å². The third kappa shape index (κ3) is 3.04. The maximum Gasteiger partial charge on any atom is 0.265 e. The summed E-state index contributed by atoms with van der Waals surface area (Å²) >= 11 is 0. The molecule has 0 amide bonds. The van der Waals surface area contributed by atoms with E-state index in [1.54, 1.807) is 0 Å². The van der Waals surface area contributed by atoms with Gasteiger partial charge in [0.2, 0.25) is 0 Å². The lowest BCUT2D eigenvalue weighted by molar-refractivity contribution is 0.589. The second-order valence-corrected chi connectivity index (χ2v) is 5.68. The van der Waals surface area contributed by atoms with Gasteiger partial charge in [-0.2, -0.15) is 0 Å². The summed E-state index contributed by atoms with van der Waals surface area (Å²) < 4.78 is 0. The monoisotopic (exact) mass is 302 g/mol. The largest absolute Gasteiger partial charge is 0.369 e. The lowest BCUT2D eigenvalue weighted by Crippen LogP contribution is -2.43. The summed E-state index contributed by atoms with van der Waals surface area (Å²) in [5.41, 5.74) is 3.07. The van der Waals surface area contributed by atoms with Crippen LogP contribution in [-0.4, -0.2) is 26.2 Å². The first kappa shape index (κ1) is 15.1. The highest BCUT2D eigenvalue weighted by molar-refractivity contribution is 5.89. The Bertz CT molecular complexity index is 830. The van der Waals surface area contributed by atoms with Crippen LogP contribution in [0.4, 0.5) is 5.69 Å². The molecule has 0 unspecified atom stereocenters. The lowest BCUT2D eigenvalue weighted by Gasteiger charge is -2.29. The van der Waals surface area contributed by atoms with E-state index in [9.17, 15) is 0 Å². The number of hydrogen-bond donors (Lipinski definition) is 1. The standard InChI is InChI=1S/C19H18N4/c1-14(19(13-20)21-2)15-3-4-17-12-18(6-5-16(17)11-15)23-9-7-22-8-10-23/h3-6,11-12,22H,7-10H2,1H3. The van der Waals surface area contributed by atoms with E-state index in [0.717, 1.165) is 42.7 Å². The number of hydrogen-bond acceptors (Lipinski definition) is 3. The van der Waals surface area contributed by atoms with Crippen molar-refractivity contribution >= 4 is 22.0 Å². The normalized spacial score (nSPS) is 15.7. The Morgan fingerprint density at radius 2 is 1.87 bits per heavy atom. The third-order valence-corrected chi connectivity index (χ3v) is 4.31. The van der Waals surface area contributed by atoms with Gasteiger partial charge in [0.1, 0.15) is 0 Å². The molecule has 3 rings (SSSR count). The van der Waals surface area contributed by atoms with Crippen molar-refractivity contribution in [2.24, 2.45) is 0 Å². The van der Waals surface area contributed by atoms with Crippen molar-refractivity contribution in [1.82, 2.24) is 5.32 Å². The molecule has 0 atom stereocenters. The quantitative estimate of drug-likeness (QED) is 0.683. The van der Waals surface area contributed by atoms with Crippen LogP contribution in [0, 0.1) is 17.9 Å². The lowest BCUT2D eigenvalue weighted by atomic mass is 10.0. The van der Waals surface area contributed by atoms with Gasteiger partial charge in [-0.3, -0.25) is 0 Å². The Labute approximate surface area is 136 Å². The summed E-state index contributed by atoms with van der Waals surface area (Å²) in [4.78, 5) is 5.68. The number of anilines is 1. The molecule has 0 radical (unpaired) electrons. The zero-order valence-electron chi connectivity index (χ0n) is 13.1. The molecule has 1 aliphatic heterocycles. The summed E-state index contributed by atoms with van der Waals surface area (Å²) in [5.74, 6) is 0. The van der Waals surface area contributed by atoms with E-state index < -0.39 is 0 Å². The fourth-order valence-electron chi connectivity index (χ4n) is 2.92. The maximum absolute atomic E-state index is 9.02. The number of allylic oxidation sites excluding steroid dienone is 2. The molecule has 1 N–H and O–H groups in total. The number of benzene rings is 2. The fourth-order valence-corrected chi connectivity index (χ4v) is 2.92. The van der Waals surface area contributed by atoms with E-state index in [0.29, 0.717) is 0 Å². The molecule has 0 aromatic heterocycles. The summed E-state index contributed by atoms with van der Waals surface area (Å²) in [5, 5.41) is 14.7. The van der Waals surface area contributed by atoms with Crippen molar-refractivity contribution in [2.75, 3.05) is 31.1 Å². The molecule has 0 aliphatic carbocycles. The molecule has 2 aromatic carbocycles. The molecule has 23 heavy (non-hydrogen) atoms. The highest BCUT2D eigenvalue weighted by Gasteiger charge is 2.11. The molecule has 1 aliphatic rings. The van der Waals surface area contributed by atoms with Gasteiger partial charge in [-0.05, 0) is 47.0 Å². The van der Waals surface area contributed by atoms with Crippen LogP contribution in [-0.2, 0) is 0 Å². The van der Waals surface area contributed by atoms with E-state index in [-0.39, 0.29) is 5.70 Å². The summed E-state index contributed by atoms with van der Waals surface area (Å²) in [6.07, 6.45) is 0. The van der Waals surface area contributed by atoms with Crippen molar-refractivity contribution in [3.05, 3.63) is 59.1 Å². The van der Waals surface area contributed by atoms with Crippen LogP contribution < -0.4 is 10.2 Å².